The molecule has 4 aromatic heterocycles. The number of hydrogen-bond acceptors (Lipinski definition) is 4. The Bertz CT molecular complexity index is 1860. The molecule has 5 nitrogen and oxygen atoms in total. The molecule has 4 aromatic carbocycles. The second-order valence-corrected chi connectivity index (χ2v) is 9.92. The molecular weight excluding hydrogens is 474 g/mol. The maximum absolute atomic E-state index is 5.14. The van der Waals surface area contributed by atoms with Gasteiger partial charge in [-0.25, -0.2) is 0 Å². The summed E-state index contributed by atoms with van der Waals surface area (Å²) in [6.07, 6.45) is 0. The number of aromatic nitrogens is 5. The van der Waals surface area contributed by atoms with Gasteiger partial charge in [0, 0.05) is 21.5 Å². The minimum absolute atomic E-state index is 0.604. The molecule has 8 aromatic rings. The lowest BCUT2D eigenvalue weighted by atomic mass is 10.2. The third-order valence-electron chi connectivity index (χ3n) is 6.91. The molecule has 0 spiro atoms. The third-order valence-corrected chi connectivity index (χ3v) is 7.78. The molecule has 4 heterocycles. The number of hydrogen-bond donors (Lipinski definition) is 0. The topological polar surface area (TPSA) is 48.5 Å². The van der Waals surface area contributed by atoms with Crippen LogP contribution in [-0.4, -0.2) is 24.1 Å². The number of benzene rings is 4. The van der Waals surface area contributed by atoms with Gasteiger partial charge < -0.3 is 0 Å². The second-order valence-electron chi connectivity index (χ2n) is 8.98. The Morgan fingerprint density at radius 3 is 1.22 bits per heavy atom. The van der Waals surface area contributed by atoms with Crippen LogP contribution < -0.4 is 0 Å². The molecule has 0 saturated carbocycles. The fraction of sp³-hybridized carbons (Fsp3) is 0. The SMILES string of the molecule is c1csc(-c2nc(-n3c4ccccc4c4ccccc43)nc(-n3c4ccccc4c4ccccc43)n2)c1. The normalized spacial score (nSPS) is 11.8. The van der Waals surface area contributed by atoms with Crippen LogP contribution in [0.4, 0.5) is 0 Å². The Balaban J connectivity index is 1.51. The van der Waals surface area contributed by atoms with Crippen molar-refractivity contribution in [3.63, 3.8) is 0 Å². The highest BCUT2D eigenvalue weighted by Crippen LogP contribution is 2.34. The van der Waals surface area contributed by atoms with E-state index in [2.05, 4.69) is 118 Å². The van der Waals surface area contributed by atoms with Gasteiger partial charge in [-0.05, 0) is 35.7 Å². The summed E-state index contributed by atoms with van der Waals surface area (Å²) in [7, 11) is 0. The largest absolute Gasteiger partial charge is 0.278 e. The minimum Gasteiger partial charge on any atom is -0.278 e. The van der Waals surface area contributed by atoms with E-state index in [-0.39, 0.29) is 0 Å². The first-order chi connectivity index (χ1) is 18.4. The van der Waals surface area contributed by atoms with Crippen LogP contribution in [0.5, 0.6) is 0 Å². The number of rotatable bonds is 3. The molecule has 0 saturated heterocycles. The zero-order valence-electron chi connectivity index (χ0n) is 19.6. The van der Waals surface area contributed by atoms with Gasteiger partial charge in [0.15, 0.2) is 5.82 Å². The maximum atomic E-state index is 5.14. The molecule has 0 N–H and O–H groups in total. The van der Waals surface area contributed by atoms with Crippen LogP contribution in [0.15, 0.2) is 115 Å². The standard InChI is InChI=1S/C31H19N5S/c1-5-14-24-20(10-1)21-11-2-6-15-25(21)35(24)30-32-29(28-18-9-19-37-28)33-31(34-30)36-26-16-7-3-12-22(26)23-13-4-8-17-27(23)36/h1-19H. The molecule has 174 valence electrons. The van der Waals surface area contributed by atoms with Gasteiger partial charge in [0.1, 0.15) is 0 Å². The van der Waals surface area contributed by atoms with Crippen LogP contribution in [0.2, 0.25) is 0 Å². The maximum Gasteiger partial charge on any atom is 0.240 e. The Kier molecular flexibility index (Phi) is 4.32. The highest BCUT2D eigenvalue weighted by Gasteiger charge is 2.20. The highest BCUT2D eigenvalue weighted by molar-refractivity contribution is 7.13. The molecule has 8 rings (SSSR count). The lowest BCUT2D eigenvalue weighted by molar-refractivity contribution is 0.894. The van der Waals surface area contributed by atoms with E-state index in [1.54, 1.807) is 11.3 Å². The van der Waals surface area contributed by atoms with Crippen LogP contribution >= 0.6 is 11.3 Å². The fourth-order valence-corrected chi connectivity index (χ4v) is 6.00. The van der Waals surface area contributed by atoms with Gasteiger partial charge in [-0.2, -0.15) is 15.0 Å². The number of fused-ring (bicyclic) bond motifs is 6. The van der Waals surface area contributed by atoms with Crippen molar-refractivity contribution in [1.82, 2.24) is 24.1 Å². The van der Waals surface area contributed by atoms with Crippen molar-refractivity contribution < 1.29 is 0 Å². The predicted molar refractivity (Wildman–Crippen MR) is 152 cm³/mol. The van der Waals surface area contributed by atoms with Crippen molar-refractivity contribution in [2.24, 2.45) is 0 Å². The van der Waals surface area contributed by atoms with Crippen molar-refractivity contribution in [2.45, 2.75) is 0 Å². The Morgan fingerprint density at radius 2 is 0.838 bits per heavy atom. The van der Waals surface area contributed by atoms with Crippen molar-refractivity contribution in [1.29, 1.82) is 0 Å². The average Bonchev–Trinajstić information content (AvgIpc) is 3.68. The minimum atomic E-state index is 0.604. The zero-order chi connectivity index (χ0) is 24.3. The van der Waals surface area contributed by atoms with Crippen LogP contribution in [-0.2, 0) is 0 Å². The van der Waals surface area contributed by atoms with Crippen LogP contribution in [0, 0.1) is 0 Å². The van der Waals surface area contributed by atoms with Gasteiger partial charge in [-0.15, -0.1) is 11.3 Å². The molecule has 0 amide bonds. The van der Waals surface area contributed by atoms with Crippen molar-refractivity contribution in [2.75, 3.05) is 0 Å². The van der Waals surface area contributed by atoms with E-state index in [1.807, 2.05) is 6.07 Å². The number of nitrogens with zero attached hydrogens (tertiary/aromatic N) is 5. The Hall–Kier alpha value is -4.81. The summed E-state index contributed by atoms with van der Waals surface area (Å²) in [5.41, 5.74) is 4.28. The summed E-state index contributed by atoms with van der Waals surface area (Å²) in [5.74, 6) is 1.87. The summed E-state index contributed by atoms with van der Waals surface area (Å²) in [6, 6.07) is 37.8. The summed E-state index contributed by atoms with van der Waals surface area (Å²) < 4.78 is 4.31. The van der Waals surface area contributed by atoms with Crippen molar-refractivity contribution in [3.8, 4) is 22.6 Å². The molecule has 37 heavy (non-hydrogen) atoms. The van der Waals surface area contributed by atoms with Gasteiger partial charge >= 0.3 is 0 Å². The molecule has 0 aliphatic rings. The van der Waals surface area contributed by atoms with E-state index in [0.29, 0.717) is 17.7 Å². The van der Waals surface area contributed by atoms with Crippen molar-refractivity contribution >= 4 is 54.9 Å². The fourth-order valence-electron chi connectivity index (χ4n) is 5.35. The number of para-hydroxylation sites is 4. The van der Waals surface area contributed by atoms with E-state index >= 15 is 0 Å². The van der Waals surface area contributed by atoms with E-state index in [0.717, 1.165) is 26.9 Å². The summed E-state index contributed by atoms with van der Waals surface area (Å²) in [5, 5.41) is 6.76. The van der Waals surface area contributed by atoms with Crippen LogP contribution in [0.3, 0.4) is 0 Å². The summed E-state index contributed by atoms with van der Waals surface area (Å²) in [6.45, 7) is 0. The molecule has 0 aliphatic carbocycles. The smallest absolute Gasteiger partial charge is 0.240 e. The second kappa shape index (κ2) is 7.85. The van der Waals surface area contributed by atoms with Crippen LogP contribution in [0.1, 0.15) is 0 Å². The quantitative estimate of drug-likeness (QED) is 0.252. The molecule has 0 atom stereocenters. The highest BCUT2D eigenvalue weighted by atomic mass is 32.1. The first-order valence-corrected chi connectivity index (χ1v) is 13.0. The van der Waals surface area contributed by atoms with E-state index < -0.39 is 0 Å². The first-order valence-electron chi connectivity index (χ1n) is 12.1. The molecule has 0 radical (unpaired) electrons. The lowest BCUT2D eigenvalue weighted by Crippen LogP contribution is -2.09. The molecule has 6 heteroatoms. The van der Waals surface area contributed by atoms with Gasteiger partial charge in [-0.3, -0.25) is 9.13 Å². The molecule has 0 bridgehead atoms. The lowest BCUT2D eigenvalue weighted by Gasteiger charge is -2.11. The van der Waals surface area contributed by atoms with Crippen LogP contribution in [0.25, 0.3) is 66.2 Å². The Labute approximate surface area is 215 Å². The predicted octanol–water partition coefficient (Wildman–Crippen LogP) is 7.79. The van der Waals surface area contributed by atoms with Gasteiger partial charge in [0.05, 0.1) is 26.9 Å². The number of thiophene rings is 1. The van der Waals surface area contributed by atoms with E-state index in [9.17, 15) is 0 Å². The van der Waals surface area contributed by atoms with E-state index in [1.165, 1.54) is 21.5 Å². The molecule has 0 unspecified atom stereocenters. The van der Waals surface area contributed by atoms with E-state index in [4.69, 9.17) is 15.0 Å². The van der Waals surface area contributed by atoms with Gasteiger partial charge in [0.25, 0.3) is 0 Å². The average molecular weight is 494 g/mol. The van der Waals surface area contributed by atoms with Gasteiger partial charge in [0.2, 0.25) is 11.9 Å². The zero-order valence-corrected chi connectivity index (χ0v) is 20.4. The molecular formula is C31H19N5S. The molecule has 0 fully saturated rings. The van der Waals surface area contributed by atoms with Crippen molar-refractivity contribution in [3.05, 3.63) is 115 Å². The molecule has 0 aliphatic heterocycles. The summed E-state index contributed by atoms with van der Waals surface area (Å²) >= 11 is 1.63. The summed E-state index contributed by atoms with van der Waals surface area (Å²) in [4.78, 5) is 16.2. The Morgan fingerprint density at radius 1 is 0.432 bits per heavy atom. The first kappa shape index (κ1) is 20.4. The monoisotopic (exact) mass is 493 g/mol. The third kappa shape index (κ3) is 3.00. The van der Waals surface area contributed by atoms with Gasteiger partial charge in [-0.1, -0.05) is 78.9 Å².